The van der Waals surface area contributed by atoms with Gasteiger partial charge in [0.2, 0.25) is 0 Å². The molecule has 1 N–H and O–H groups in total. The fraction of sp³-hybridized carbons (Fsp3) is 0.357. The molecule has 0 saturated heterocycles. The van der Waals surface area contributed by atoms with Gasteiger partial charge in [0.1, 0.15) is 6.29 Å². The number of unbranched alkanes of at least 4 members (excludes halogenated alkanes) is 1. The van der Waals surface area contributed by atoms with Crippen LogP contribution in [-0.2, 0) is 11.3 Å². The molecular weight excluding hydrogens is 198 g/mol. The minimum Gasteiger partial charge on any atom is -0.384 e. The van der Waals surface area contributed by atoms with Crippen molar-refractivity contribution in [2.75, 3.05) is 0 Å². The van der Waals surface area contributed by atoms with E-state index in [1.165, 1.54) is 5.56 Å². The van der Waals surface area contributed by atoms with Gasteiger partial charge in [-0.25, -0.2) is 0 Å². The smallest absolute Gasteiger partial charge is 0.144 e. The van der Waals surface area contributed by atoms with Crippen LogP contribution in [0.15, 0.2) is 42.1 Å². The van der Waals surface area contributed by atoms with Gasteiger partial charge in [0.25, 0.3) is 0 Å². The van der Waals surface area contributed by atoms with Crippen molar-refractivity contribution in [1.82, 2.24) is 5.32 Å². The monoisotopic (exact) mass is 217 g/mol. The highest BCUT2D eigenvalue weighted by molar-refractivity contribution is 5.65. The lowest BCUT2D eigenvalue weighted by atomic mass is 10.2. The van der Waals surface area contributed by atoms with E-state index in [2.05, 4.69) is 24.4 Å². The summed E-state index contributed by atoms with van der Waals surface area (Å²) in [6.07, 6.45) is 5.67. The van der Waals surface area contributed by atoms with Crippen LogP contribution in [0.4, 0.5) is 0 Å². The summed E-state index contributed by atoms with van der Waals surface area (Å²) in [7, 11) is 0. The Kier molecular flexibility index (Phi) is 6.00. The predicted octanol–water partition coefficient (Wildman–Crippen LogP) is 3.05. The number of nitrogens with one attached hydrogen (secondary N) is 1. The Balaban J connectivity index is 2.44. The Morgan fingerprint density at radius 2 is 2.06 bits per heavy atom. The first kappa shape index (κ1) is 12.5. The molecule has 0 aliphatic carbocycles. The lowest BCUT2D eigenvalue weighted by Crippen LogP contribution is -2.13. The average molecular weight is 217 g/mol. The highest BCUT2D eigenvalue weighted by Gasteiger charge is 1.96. The van der Waals surface area contributed by atoms with E-state index in [0.717, 1.165) is 37.8 Å². The molecule has 0 atom stereocenters. The molecule has 16 heavy (non-hydrogen) atoms. The van der Waals surface area contributed by atoms with E-state index in [1.54, 1.807) is 6.08 Å². The van der Waals surface area contributed by atoms with Crippen LogP contribution in [-0.4, -0.2) is 6.29 Å². The van der Waals surface area contributed by atoms with Crippen LogP contribution >= 0.6 is 0 Å². The molecule has 0 bridgehead atoms. The zero-order valence-electron chi connectivity index (χ0n) is 9.78. The van der Waals surface area contributed by atoms with Crippen molar-refractivity contribution in [1.29, 1.82) is 0 Å². The minimum atomic E-state index is 0.782. The lowest BCUT2D eigenvalue weighted by Gasteiger charge is -2.09. The Bertz CT molecular complexity index is 330. The van der Waals surface area contributed by atoms with Gasteiger partial charge < -0.3 is 5.32 Å². The molecule has 1 aromatic rings. The standard InChI is InChI=1S/C14H19NO/c1-2-3-9-14(10-11-16)15-12-13-7-5-4-6-8-13/h4-8,10-11,15H,2-3,9,12H2,1H3/b14-10-. The van der Waals surface area contributed by atoms with Crippen molar-refractivity contribution in [3.63, 3.8) is 0 Å². The topological polar surface area (TPSA) is 29.1 Å². The summed E-state index contributed by atoms with van der Waals surface area (Å²) in [5.41, 5.74) is 2.26. The predicted molar refractivity (Wildman–Crippen MR) is 67.0 cm³/mol. The Labute approximate surface area is 97.4 Å². The van der Waals surface area contributed by atoms with E-state index in [-0.39, 0.29) is 0 Å². The molecule has 0 amide bonds. The molecule has 0 aliphatic rings. The summed E-state index contributed by atoms with van der Waals surface area (Å²) in [5.74, 6) is 0. The second-order valence-corrected chi connectivity index (χ2v) is 3.77. The van der Waals surface area contributed by atoms with E-state index in [1.807, 2.05) is 18.2 Å². The fourth-order valence-corrected chi connectivity index (χ4v) is 1.49. The number of hydrogen-bond donors (Lipinski definition) is 1. The number of rotatable bonds is 7. The van der Waals surface area contributed by atoms with E-state index in [9.17, 15) is 4.79 Å². The number of carbonyl (C=O) groups is 1. The number of benzene rings is 1. The molecular formula is C14H19NO. The van der Waals surface area contributed by atoms with Crippen molar-refractivity contribution >= 4 is 6.29 Å². The Morgan fingerprint density at radius 1 is 1.31 bits per heavy atom. The van der Waals surface area contributed by atoms with Gasteiger partial charge in [-0.15, -0.1) is 0 Å². The average Bonchev–Trinajstić information content (AvgIpc) is 2.34. The molecule has 0 saturated carbocycles. The first-order valence-corrected chi connectivity index (χ1v) is 5.79. The largest absolute Gasteiger partial charge is 0.384 e. The highest BCUT2D eigenvalue weighted by atomic mass is 16.1. The molecule has 2 nitrogen and oxygen atoms in total. The highest BCUT2D eigenvalue weighted by Crippen LogP contribution is 2.05. The molecule has 2 heteroatoms. The first-order chi connectivity index (χ1) is 7.86. The number of aldehydes is 1. The summed E-state index contributed by atoms with van der Waals surface area (Å²) in [5, 5.41) is 3.30. The molecule has 86 valence electrons. The molecule has 1 rings (SSSR count). The summed E-state index contributed by atoms with van der Waals surface area (Å²) < 4.78 is 0. The maximum atomic E-state index is 10.5. The van der Waals surface area contributed by atoms with Crippen molar-refractivity contribution < 1.29 is 4.79 Å². The van der Waals surface area contributed by atoms with Crippen LogP contribution in [0.3, 0.4) is 0 Å². The molecule has 0 unspecified atom stereocenters. The van der Waals surface area contributed by atoms with Gasteiger partial charge in [-0.05, 0) is 24.5 Å². The van der Waals surface area contributed by atoms with Gasteiger partial charge in [-0.2, -0.15) is 0 Å². The number of carbonyl (C=O) groups excluding carboxylic acids is 1. The third-order valence-electron chi connectivity index (χ3n) is 2.43. The van der Waals surface area contributed by atoms with Gasteiger partial charge in [0.05, 0.1) is 0 Å². The molecule has 0 aromatic heterocycles. The van der Waals surface area contributed by atoms with E-state index >= 15 is 0 Å². The zero-order valence-corrected chi connectivity index (χ0v) is 9.78. The van der Waals surface area contributed by atoms with Crippen LogP contribution in [0.5, 0.6) is 0 Å². The molecule has 0 heterocycles. The molecule has 0 spiro atoms. The van der Waals surface area contributed by atoms with Gasteiger partial charge >= 0.3 is 0 Å². The first-order valence-electron chi connectivity index (χ1n) is 5.79. The Hall–Kier alpha value is -1.57. The molecule has 0 radical (unpaired) electrons. The van der Waals surface area contributed by atoms with Crippen LogP contribution in [0.1, 0.15) is 31.7 Å². The quantitative estimate of drug-likeness (QED) is 0.562. The van der Waals surface area contributed by atoms with Gasteiger partial charge in [-0.3, -0.25) is 4.79 Å². The molecule has 0 fully saturated rings. The number of allylic oxidation sites excluding steroid dienone is 2. The van der Waals surface area contributed by atoms with Gasteiger partial charge in [-0.1, -0.05) is 43.7 Å². The van der Waals surface area contributed by atoms with E-state index in [4.69, 9.17) is 0 Å². The van der Waals surface area contributed by atoms with Crippen LogP contribution in [0.25, 0.3) is 0 Å². The SMILES string of the molecule is CCCC/C(=C/C=O)NCc1ccccc1. The summed E-state index contributed by atoms with van der Waals surface area (Å²) in [6, 6.07) is 10.2. The molecule has 0 aliphatic heterocycles. The van der Waals surface area contributed by atoms with Crippen LogP contribution in [0, 0.1) is 0 Å². The summed E-state index contributed by atoms with van der Waals surface area (Å²) >= 11 is 0. The summed E-state index contributed by atoms with van der Waals surface area (Å²) in [6.45, 7) is 2.93. The normalized spacial score (nSPS) is 11.2. The molecule has 1 aromatic carbocycles. The summed E-state index contributed by atoms with van der Waals surface area (Å²) in [4.78, 5) is 10.5. The van der Waals surface area contributed by atoms with Crippen molar-refractivity contribution in [2.45, 2.75) is 32.7 Å². The van der Waals surface area contributed by atoms with Gasteiger partial charge in [0.15, 0.2) is 0 Å². The van der Waals surface area contributed by atoms with E-state index in [0.29, 0.717) is 0 Å². The van der Waals surface area contributed by atoms with Crippen molar-refractivity contribution in [3.8, 4) is 0 Å². The second-order valence-electron chi connectivity index (χ2n) is 3.77. The fourth-order valence-electron chi connectivity index (χ4n) is 1.49. The maximum Gasteiger partial charge on any atom is 0.144 e. The second kappa shape index (κ2) is 7.69. The van der Waals surface area contributed by atoms with E-state index < -0.39 is 0 Å². The third kappa shape index (κ3) is 4.78. The van der Waals surface area contributed by atoms with Crippen LogP contribution < -0.4 is 5.32 Å². The minimum absolute atomic E-state index is 0.782. The zero-order chi connectivity index (χ0) is 11.6. The maximum absolute atomic E-state index is 10.5. The Morgan fingerprint density at radius 3 is 2.69 bits per heavy atom. The third-order valence-corrected chi connectivity index (χ3v) is 2.43. The number of hydrogen-bond acceptors (Lipinski definition) is 2. The van der Waals surface area contributed by atoms with Crippen molar-refractivity contribution in [2.24, 2.45) is 0 Å². The van der Waals surface area contributed by atoms with Crippen LogP contribution in [0.2, 0.25) is 0 Å². The van der Waals surface area contributed by atoms with Gasteiger partial charge in [0, 0.05) is 12.2 Å². The lowest BCUT2D eigenvalue weighted by molar-refractivity contribution is -0.104. The van der Waals surface area contributed by atoms with Crippen molar-refractivity contribution in [3.05, 3.63) is 47.7 Å².